The number of nitrogens with one attached hydrogen (secondary N) is 2. The summed E-state index contributed by atoms with van der Waals surface area (Å²) < 4.78 is 1.72. The smallest absolute Gasteiger partial charge is 0.257 e. The summed E-state index contributed by atoms with van der Waals surface area (Å²) in [4.78, 5) is 28.4. The predicted molar refractivity (Wildman–Crippen MR) is 98.2 cm³/mol. The van der Waals surface area contributed by atoms with Crippen molar-refractivity contribution in [2.24, 2.45) is 0 Å². The third-order valence-corrected chi connectivity index (χ3v) is 4.70. The molecule has 0 bridgehead atoms. The zero-order valence-corrected chi connectivity index (χ0v) is 13.9. The highest BCUT2D eigenvalue weighted by atomic mass is 32.1. The van der Waals surface area contributed by atoms with E-state index in [0.717, 1.165) is 4.88 Å². The average molecular weight is 350 g/mol. The summed E-state index contributed by atoms with van der Waals surface area (Å²) in [6.45, 7) is 0.580. The first-order chi connectivity index (χ1) is 12.2. The number of thiophene rings is 1. The fourth-order valence-electron chi connectivity index (χ4n) is 2.69. The van der Waals surface area contributed by atoms with Crippen LogP contribution in [-0.2, 0) is 6.54 Å². The molecule has 3 aromatic heterocycles. The van der Waals surface area contributed by atoms with E-state index in [1.165, 1.54) is 6.07 Å². The summed E-state index contributed by atoms with van der Waals surface area (Å²) in [5.41, 5.74) is 0.659. The molecule has 0 aliphatic rings. The summed E-state index contributed by atoms with van der Waals surface area (Å²) in [5, 5.41) is 9.81. The van der Waals surface area contributed by atoms with E-state index in [9.17, 15) is 9.59 Å². The lowest BCUT2D eigenvalue weighted by Gasteiger charge is -2.09. The Morgan fingerprint density at radius 1 is 1.20 bits per heavy atom. The van der Waals surface area contributed by atoms with Crippen LogP contribution in [0.3, 0.4) is 0 Å². The van der Waals surface area contributed by atoms with Crippen molar-refractivity contribution in [1.29, 1.82) is 0 Å². The van der Waals surface area contributed by atoms with Crippen LogP contribution in [0.1, 0.15) is 15.2 Å². The number of fused-ring (bicyclic) bond motifs is 1. The Morgan fingerprint density at radius 3 is 2.92 bits per heavy atom. The second-order valence-corrected chi connectivity index (χ2v) is 6.53. The van der Waals surface area contributed by atoms with Gasteiger partial charge in [-0.1, -0.05) is 24.3 Å². The van der Waals surface area contributed by atoms with Crippen molar-refractivity contribution in [2.75, 3.05) is 5.32 Å². The summed E-state index contributed by atoms with van der Waals surface area (Å²) in [7, 11) is 0. The fraction of sp³-hybridized carbons (Fsp3) is 0.0556. The maximum atomic E-state index is 12.7. The van der Waals surface area contributed by atoms with Gasteiger partial charge in [0.05, 0.1) is 18.3 Å². The average Bonchev–Trinajstić information content (AvgIpc) is 3.27. The maximum absolute atomic E-state index is 12.7. The number of H-pyrrole nitrogens is 1. The Morgan fingerprint density at radius 2 is 2.08 bits per heavy atom. The molecule has 124 valence electrons. The van der Waals surface area contributed by atoms with Gasteiger partial charge in [-0.3, -0.25) is 9.59 Å². The van der Waals surface area contributed by atoms with Gasteiger partial charge in [0.15, 0.2) is 0 Å². The molecule has 0 saturated heterocycles. The number of carbonyl (C=O) groups is 1. The molecular formula is C18H14N4O2S. The third-order valence-electron chi connectivity index (χ3n) is 3.84. The van der Waals surface area contributed by atoms with Gasteiger partial charge in [0.2, 0.25) is 5.56 Å². The summed E-state index contributed by atoms with van der Waals surface area (Å²) in [6, 6.07) is 14.3. The van der Waals surface area contributed by atoms with E-state index in [4.69, 9.17) is 0 Å². The van der Waals surface area contributed by atoms with Crippen LogP contribution >= 0.6 is 11.3 Å². The molecule has 1 aromatic carbocycles. The van der Waals surface area contributed by atoms with E-state index in [0.29, 0.717) is 28.8 Å². The highest BCUT2D eigenvalue weighted by Crippen LogP contribution is 2.18. The number of nitrogens with zero attached hydrogens (tertiary/aromatic N) is 2. The molecule has 0 radical (unpaired) electrons. The number of aromatic nitrogens is 3. The zero-order valence-electron chi connectivity index (χ0n) is 13.1. The Labute approximate surface area is 146 Å². The van der Waals surface area contributed by atoms with Crippen LogP contribution in [0.2, 0.25) is 0 Å². The van der Waals surface area contributed by atoms with Crippen molar-refractivity contribution >= 4 is 34.0 Å². The highest BCUT2D eigenvalue weighted by Gasteiger charge is 2.14. The first-order valence-electron chi connectivity index (χ1n) is 7.68. The number of carbonyl (C=O) groups excluding carboxylic acids is 1. The molecule has 2 N–H and O–H groups in total. The number of pyridine rings is 1. The molecule has 4 rings (SSSR count). The minimum atomic E-state index is -0.338. The minimum Gasteiger partial charge on any atom is -0.322 e. The van der Waals surface area contributed by atoms with Crippen molar-refractivity contribution in [3.05, 3.63) is 80.9 Å². The lowest BCUT2D eigenvalue weighted by molar-refractivity contribution is 0.102. The largest absolute Gasteiger partial charge is 0.322 e. The summed E-state index contributed by atoms with van der Waals surface area (Å²) in [6.07, 6.45) is 1.64. The van der Waals surface area contributed by atoms with E-state index >= 15 is 0 Å². The van der Waals surface area contributed by atoms with Gasteiger partial charge in [0.1, 0.15) is 5.82 Å². The van der Waals surface area contributed by atoms with Crippen molar-refractivity contribution in [2.45, 2.75) is 6.54 Å². The number of aromatic amines is 1. The van der Waals surface area contributed by atoms with E-state index < -0.39 is 0 Å². The Hall–Kier alpha value is -3.19. The van der Waals surface area contributed by atoms with Gasteiger partial charge < -0.3 is 10.3 Å². The molecular weight excluding hydrogens is 336 g/mol. The molecule has 4 aromatic rings. The van der Waals surface area contributed by atoms with Gasteiger partial charge in [-0.15, -0.1) is 11.3 Å². The molecule has 25 heavy (non-hydrogen) atoms. The van der Waals surface area contributed by atoms with Crippen LogP contribution in [-0.4, -0.2) is 20.7 Å². The lowest BCUT2D eigenvalue weighted by Crippen LogP contribution is -2.19. The molecule has 0 unspecified atom stereocenters. The first kappa shape index (κ1) is 15.3. The van der Waals surface area contributed by atoms with E-state index in [1.807, 2.05) is 35.7 Å². The molecule has 0 saturated carbocycles. The minimum absolute atomic E-state index is 0.309. The summed E-state index contributed by atoms with van der Waals surface area (Å²) >= 11 is 1.63. The number of para-hydroxylation sites is 1. The second-order valence-electron chi connectivity index (χ2n) is 5.50. The lowest BCUT2D eigenvalue weighted by atomic mass is 10.1. The first-order valence-corrected chi connectivity index (χ1v) is 8.56. The molecule has 0 aliphatic heterocycles. The molecule has 7 heteroatoms. The number of hydrogen-bond donors (Lipinski definition) is 2. The normalized spacial score (nSPS) is 10.9. The molecule has 0 fully saturated rings. The molecule has 3 heterocycles. The van der Waals surface area contributed by atoms with Gasteiger partial charge in [0.25, 0.3) is 5.91 Å². The van der Waals surface area contributed by atoms with Crippen molar-refractivity contribution in [1.82, 2.24) is 14.8 Å². The number of amides is 1. The Bertz CT molecular complexity index is 1100. The van der Waals surface area contributed by atoms with Gasteiger partial charge >= 0.3 is 0 Å². The summed E-state index contributed by atoms with van der Waals surface area (Å²) in [5.74, 6) is 0.248. The van der Waals surface area contributed by atoms with Crippen LogP contribution in [0.15, 0.2) is 64.9 Å². The van der Waals surface area contributed by atoms with Gasteiger partial charge in [-0.05, 0) is 17.5 Å². The van der Waals surface area contributed by atoms with Gasteiger partial charge in [-0.25, -0.2) is 4.68 Å². The van der Waals surface area contributed by atoms with E-state index in [1.54, 1.807) is 34.3 Å². The van der Waals surface area contributed by atoms with Crippen LogP contribution < -0.4 is 10.9 Å². The Kier molecular flexibility index (Phi) is 3.91. The SMILES string of the molecule is O=C(Nc1ccnn1Cc1cccs1)c1cc(=O)[nH]c2ccccc12. The number of anilines is 1. The predicted octanol–water partition coefficient (Wildman–Crippen LogP) is 3.09. The molecule has 0 spiro atoms. The third kappa shape index (κ3) is 3.09. The van der Waals surface area contributed by atoms with Crippen LogP contribution in [0.5, 0.6) is 0 Å². The van der Waals surface area contributed by atoms with E-state index in [-0.39, 0.29) is 11.5 Å². The number of hydrogen-bond acceptors (Lipinski definition) is 4. The molecule has 0 atom stereocenters. The van der Waals surface area contributed by atoms with E-state index in [2.05, 4.69) is 15.4 Å². The van der Waals surface area contributed by atoms with Crippen molar-refractivity contribution < 1.29 is 4.79 Å². The van der Waals surface area contributed by atoms with Gasteiger partial charge in [-0.2, -0.15) is 5.10 Å². The molecule has 0 aliphatic carbocycles. The topological polar surface area (TPSA) is 79.8 Å². The quantitative estimate of drug-likeness (QED) is 0.593. The molecule has 6 nitrogen and oxygen atoms in total. The fourth-order valence-corrected chi connectivity index (χ4v) is 3.38. The van der Waals surface area contributed by atoms with Crippen LogP contribution in [0.25, 0.3) is 10.9 Å². The van der Waals surface area contributed by atoms with Gasteiger partial charge in [0, 0.05) is 27.9 Å². The standard InChI is InChI=1S/C18H14N4O2S/c23-17-10-14(13-5-1-2-6-15(13)20-17)18(24)21-16-7-8-19-22(16)11-12-4-3-9-25-12/h1-10H,11H2,(H,20,23)(H,21,24). The number of rotatable bonds is 4. The monoisotopic (exact) mass is 350 g/mol. The van der Waals surface area contributed by atoms with Crippen molar-refractivity contribution in [3.63, 3.8) is 0 Å². The Balaban J connectivity index is 1.66. The van der Waals surface area contributed by atoms with Crippen LogP contribution in [0, 0.1) is 0 Å². The molecule has 1 amide bonds. The van der Waals surface area contributed by atoms with Crippen molar-refractivity contribution in [3.8, 4) is 0 Å². The van der Waals surface area contributed by atoms with Crippen LogP contribution in [0.4, 0.5) is 5.82 Å². The highest BCUT2D eigenvalue weighted by molar-refractivity contribution is 7.09. The number of benzene rings is 1. The second kappa shape index (κ2) is 6.37. The maximum Gasteiger partial charge on any atom is 0.257 e. The zero-order chi connectivity index (χ0) is 17.2.